The van der Waals surface area contributed by atoms with Crippen molar-refractivity contribution in [1.29, 1.82) is 0 Å². The molecule has 0 saturated heterocycles. The van der Waals surface area contributed by atoms with Crippen LogP contribution in [0.3, 0.4) is 0 Å². The van der Waals surface area contributed by atoms with Crippen LogP contribution < -0.4 is 21.7 Å². The second-order valence-electron chi connectivity index (χ2n) is 9.89. The number of nitrogens with two attached hydrogens (primary N) is 1. The van der Waals surface area contributed by atoms with E-state index in [1.165, 1.54) is 12.5 Å². The van der Waals surface area contributed by atoms with Crippen molar-refractivity contribution in [2.75, 3.05) is 0 Å². The summed E-state index contributed by atoms with van der Waals surface area (Å²) in [5.74, 6) is -2.99. The number of H-pyrrole nitrogens is 1. The molecular weight excluding hydrogens is 476 g/mol. The Morgan fingerprint density at radius 3 is 2.03 bits per heavy atom. The highest BCUT2D eigenvalue weighted by Crippen LogP contribution is 2.10. The zero-order chi connectivity index (χ0) is 27.5. The Labute approximate surface area is 217 Å². The number of aromatic nitrogens is 2. The van der Waals surface area contributed by atoms with Crippen molar-refractivity contribution >= 4 is 23.7 Å². The number of amides is 3. The molecule has 3 amide bonds. The minimum atomic E-state index is -1.22. The normalized spacial score (nSPS) is 14.5. The van der Waals surface area contributed by atoms with Gasteiger partial charge in [0.1, 0.15) is 18.1 Å². The van der Waals surface area contributed by atoms with Gasteiger partial charge in [0, 0.05) is 24.7 Å². The molecule has 2 aromatic rings. The van der Waals surface area contributed by atoms with E-state index in [1.807, 2.05) is 58.0 Å². The summed E-state index contributed by atoms with van der Waals surface area (Å²) in [6, 6.07) is 5.15. The number of nitrogens with one attached hydrogen (secondary N) is 4. The van der Waals surface area contributed by atoms with E-state index in [4.69, 9.17) is 5.73 Å². The van der Waals surface area contributed by atoms with E-state index >= 15 is 0 Å². The van der Waals surface area contributed by atoms with Gasteiger partial charge in [0.2, 0.25) is 17.7 Å². The Hall–Kier alpha value is -3.73. The molecule has 4 atom stereocenters. The van der Waals surface area contributed by atoms with E-state index in [2.05, 4.69) is 25.9 Å². The summed E-state index contributed by atoms with van der Waals surface area (Å²) >= 11 is 0. The average Bonchev–Trinajstić information content (AvgIpc) is 3.35. The van der Waals surface area contributed by atoms with Crippen molar-refractivity contribution in [2.24, 2.45) is 17.6 Å². The van der Waals surface area contributed by atoms with Crippen molar-refractivity contribution in [3.05, 3.63) is 54.1 Å². The fourth-order valence-corrected chi connectivity index (χ4v) is 3.69. The highest BCUT2D eigenvalue weighted by atomic mass is 16.4. The van der Waals surface area contributed by atoms with Crippen LogP contribution in [0, 0.1) is 11.8 Å². The largest absolute Gasteiger partial charge is 0.480 e. The molecule has 202 valence electrons. The maximum absolute atomic E-state index is 13.4. The fraction of sp³-hybridized carbons (Fsp3) is 0.500. The van der Waals surface area contributed by atoms with Crippen LogP contribution in [-0.4, -0.2) is 62.9 Å². The molecule has 0 aliphatic rings. The zero-order valence-electron chi connectivity index (χ0n) is 21.7. The zero-order valence-corrected chi connectivity index (χ0v) is 21.7. The van der Waals surface area contributed by atoms with Gasteiger partial charge in [-0.2, -0.15) is 0 Å². The Balaban J connectivity index is 2.20. The van der Waals surface area contributed by atoms with Crippen molar-refractivity contribution in [3.63, 3.8) is 0 Å². The van der Waals surface area contributed by atoms with Crippen LogP contribution in [0.5, 0.6) is 0 Å². The molecule has 0 radical (unpaired) electrons. The topological polar surface area (TPSA) is 179 Å². The molecule has 11 heteroatoms. The minimum absolute atomic E-state index is 0.00317. The predicted molar refractivity (Wildman–Crippen MR) is 138 cm³/mol. The van der Waals surface area contributed by atoms with Crippen molar-refractivity contribution in [1.82, 2.24) is 25.9 Å². The molecule has 7 N–H and O–H groups in total. The maximum Gasteiger partial charge on any atom is 0.326 e. The molecule has 1 aromatic heterocycles. The number of carbonyl (C=O) groups excluding carboxylic acids is 3. The first-order valence-corrected chi connectivity index (χ1v) is 12.4. The number of rotatable bonds is 14. The van der Waals surface area contributed by atoms with Gasteiger partial charge in [-0.25, -0.2) is 9.78 Å². The van der Waals surface area contributed by atoms with E-state index in [0.717, 1.165) is 5.56 Å². The molecule has 4 unspecified atom stereocenters. The smallest absolute Gasteiger partial charge is 0.326 e. The lowest BCUT2D eigenvalue weighted by molar-refractivity contribution is -0.142. The molecule has 2 rings (SSSR count). The van der Waals surface area contributed by atoms with Gasteiger partial charge < -0.3 is 31.8 Å². The van der Waals surface area contributed by atoms with Crippen LogP contribution in [-0.2, 0) is 32.0 Å². The van der Waals surface area contributed by atoms with Gasteiger partial charge in [0.25, 0.3) is 0 Å². The SMILES string of the molecule is CC(C)CC(NC(=O)C(Cc1ccccc1)NC(=O)C(N)C(C)C)C(=O)NC(Cc1cnc[nH]1)C(=O)O. The summed E-state index contributed by atoms with van der Waals surface area (Å²) < 4.78 is 0. The number of carboxylic acid groups (broad SMARTS) is 1. The van der Waals surface area contributed by atoms with Crippen molar-refractivity contribution < 1.29 is 24.3 Å². The molecule has 0 aliphatic heterocycles. The van der Waals surface area contributed by atoms with E-state index in [1.54, 1.807) is 0 Å². The van der Waals surface area contributed by atoms with Crippen LogP contribution in [0.1, 0.15) is 45.4 Å². The summed E-state index contributed by atoms with van der Waals surface area (Å²) in [6.45, 7) is 7.39. The summed E-state index contributed by atoms with van der Waals surface area (Å²) in [7, 11) is 0. The summed E-state index contributed by atoms with van der Waals surface area (Å²) in [6.07, 6.45) is 3.36. The first-order valence-electron chi connectivity index (χ1n) is 12.4. The first-order chi connectivity index (χ1) is 17.5. The number of aliphatic carboxylic acids is 1. The van der Waals surface area contributed by atoms with Gasteiger partial charge in [-0.05, 0) is 23.8 Å². The van der Waals surface area contributed by atoms with Gasteiger partial charge in [-0.1, -0.05) is 58.0 Å². The lowest BCUT2D eigenvalue weighted by Gasteiger charge is -2.26. The summed E-state index contributed by atoms with van der Waals surface area (Å²) in [5, 5.41) is 17.6. The van der Waals surface area contributed by atoms with Crippen LogP contribution in [0.4, 0.5) is 0 Å². The Morgan fingerprint density at radius 1 is 0.892 bits per heavy atom. The Morgan fingerprint density at radius 2 is 1.49 bits per heavy atom. The van der Waals surface area contributed by atoms with E-state index in [0.29, 0.717) is 5.69 Å². The Bertz CT molecular complexity index is 1030. The summed E-state index contributed by atoms with van der Waals surface area (Å²) in [5.41, 5.74) is 7.35. The number of aromatic amines is 1. The molecule has 37 heavy (non-hydrogen) atoms. The highest BCUT2D eigenvalue weighted by molar-refractivity contribution is 5.94. The number of benzene rings is 1. The third kappa shape index (κ3) is 9.68. The number of imidazole rings is 1. The maximum atomic E-state index is 13.4. The highest BCUT2D eigenvalue weighted by Gasteiger charge is 2.31. The van der Waals surface area contributed by atoms with Crippen LogP contribution >= 0.6 is 0 Å². The van der Waals surface area contributed by atoms with E-state index < -0.39 is 47.9 Å². The molecule has 1 heterocycles. The van der Waals surface area contributed by atoms with Gasteiger partial charge in [-0.3, -0.25) is 14.4 Å². The second-order valence-corrected chi connectivity index (χ2v) is 9.89. The molecule has 0 aliphatic carbocycles. The minimum Gasteiger partial charge on any atom is -0.480 e. The molecule has 0 bridgehead atoms. The first kappa shape index (κ1) is 29.5. The van der Waals surface area contributed by atoms with Gasteiger partial charge in [0.15, 0.2) is 0 Å². The molecule has 1 aromatic carbocycles. The van der Waals surface area contributed by atoms with Gasteiger partial charge in [0.05, 0.1) is 12.4 Å². The second kappa shape index (κ2) is 14.1. The molecular formula is C26H38N6O5. The lowest BCUT2D eigenvalue weighted by Crippen LogP contribution is -2.58. The van der Waals surface area contributed by atoms with Crippen LogP contribution in [0.2, 0.25) is 0 Å². The summed E-state index contributed by atoms with van der Waals surface area (Å²) in [4.78, 5) is 57.7. The van der Waals surface area contributed by atoms with E-state index in [-0.39, 0.29) is 31.1 Å². The lowest BCUT2D eigenvalue weighted by atomic mass is 9.99. The van der Waals surface area contributed by atoms with Crippen LogP contribution in [0.25, 0.3) is 0 Å². The molecule has 0 spiro atoms. The standard InChI is InChI=1S/C26H38N6O5/c1-15(2)10-19(23(33)32-21(26(36)37)12-18-13-28-14-29-18)30-24(34)20(11-17-8-6-5-7-9-17)31-25(35)22(27)16(3)4/h5-9,13-16,19-22H,10-12,27H2,1-4H3,(H,28,29)(H,30,34)(H,31,35)(H,32,33)(H,36,37). The fourth-order valence-electron chi connectivity index (χ4n) is 3.69. The number of nitrogens with zero attached hydrogens (tertiary/aromatic N) is 1. The third-order valence-electron chi connectivity index (χ3n) is 5.87. The average molecular weight is 515 g/mol. The molecule has 0 saturated carbocycles. The van der Waals surface area contributed by atoms with Gasteiger partial charge in [-0.15, -0.1) is 0 Å². The number of carbonyl (C=O) groups is 4. The number of hydrogen-bond donors (Lipinski definition) is 6. The van der Waals surface area contributed by atoms with Crippen molar-refractivity contribution in [3.8, 4) is 0 Å². The third-order valence-corrected chi connectivity index (χ3v) is 5.87. The van der Waals surface area contributed by atoms with E-state index in [9.17, 15) is 24.3 Å². The number of carboxylic acids is 1. The predicted octanol–water partition coefficient (Wildman–Crippen LogP) is 0.763. The molecule has 0 fully saturated rings. The van der Waals surface area contributed by atoms with Crippen LogP contribution in [0.15, 0.2) is 42.9 Å². The number of hydrogen-bond acceptors (Lipinski definition) is 6. The Kier molecular flexibility index (Phi) is 11.3. The monoisotopic (exact) mass is 514 g/mol. The quantitative estimate of drug-likeness (QED) is 0.215. The molecule has 11 nitrogen and oxygen atoms in total. The van der Waals surface area contributed by atoms with Gasteiger partial charge >= 0.3 is 5.97 Å². The van der Waals surface area contributed by atoms with Crippen molar-refractivity contribution in [2.45, 2.75) is 71.1 Å².